The van der Waals surface area contributed by atoms with Crippen LogP contribution in [0.3, 0.4) is 0 Å². The molecule has 1 aromatic carbocycles. The van der Waals surface area contributed by atoms with Gasteiger partial charge >= 0.3 is 12.0 Å². The molecule has 0 radical (unpaired) electrons. The average Bonchev–Trinajstić information content (AvgIpc) is 2.69. The lowest BCUT2D eigenvalue weighted by molar-refractivity contribution is -0.137. The molecule has 2 amide bonds. The number of methoxy groups -OCH3 is 1. The van der Waals surface area contributed by atoms with Gasteiger partial charge in [-0.25, -0.2) is 4.79 Å². The summed E-state index contributed by atoms with van der Waals surface area (Å²) in [5.41, 5.74) is 0.694. The first-order chi connectivity index (χ1) is 8.60. The van der Waals surface area contributed by atoms with Crippen LogP contribution in [-0.4, -0.2) is 36.8 Å². The van der Waals surface area contributed by atoms with Crippen molar-refractivity contribution in [2.24, 2.45) is 0 Å². The van der Waals surface area contributed by atoms with E-state index in [4.69, 9.17) is 9.84 Å². The number of amides is 2. The van der Waals surface area contributed by atoms with Crippen LogP contribution >= 0.6 is 0 Å². The van der Waals surface area contributed by atoms with Gasteiger partial charge in [0.1, 0.15) is 5.75 Å². The first-order valence-corrected chi connectivity index (χ1v) is 5.54. The summed E-state index contributed by atoms with van der Waals surface area (Å²) in [4.78, 5) is 23.9. The van der Waals surface area contributed by atoms with Crippen LogP contribution in [0, 0.1) is 0 Å². The lowest BCUT2D eigenvalue weighted by atomic mass is 10.2. The standard InChI is InChI=1S/C12H14N2O4/c1-18-10-4-2-3-9(6-10)14-7-8(5-11(15)16)13-12(14)17/h2-4,6,8H,5,7H2,1H3,(H,13,17)(H,15,16). The predicted molar refractivity (Wildman–Crippen MR) is 64.9 cm³/mol. The lowest BCUT2D eigenvalue weighted by Gasteiger charge is -2.15. The van der Waals surface area contributed by atoms with Crippen molar-refractivity contribution < 1.29 is 19.4 Å². The van der Waals surface area contributed by atoms with Crippen LogP contribution in [0.15, 0.2) is 24.3 Å². The highest BCUT2D eigenvalue weighted by Crippen LogP contribution is 2.23. The van der Waals surface area contributed by atoms with Gasteiger partial charge in [-0.2, -0.15) is 0 Å². The second-order valence-corrected chi connectivity index (χ2v) is 4.06. The molecule has 96 valence electrons. The molecule has 1 heterocycles. The van der Waals surface area contributed by atoms with Crippen molar-refractivity contribution in [1.82, 2.24) is 5.32 Å². The van der Waals surface area contributed by atoms with Crippen molar-refractivity contribution in [3.8, 4) is 5.75 Å². The maximum absolute atomic E-state index is 11.7. The number of hydrogen-bond acceptors (Lipinski definition) is 3. The first kappa shape index (κ1) is 12.2. The molecule has 0 bridgehead atoms. The third-order valence-electron chi connectivity index (χ3n) is 2.76. The highest BCUT2D eigenvalue weighted by Gasteiger charge is 2.31. The van der Waals surface area contributed by atoms with Crippen molar-refractivity contribution in [3.63, 3.8) is 0 Å². The van der Waals surface area contributed by atoms with Crippen LogP contribution < -0.4 is 15.0 Å². The van der Waals surface area contributed by atoms with Crippen molar-refractivity contribution >= 4 is 17.7 Å². The number of carboxylic acids is 1. The molecule has 2 N–H and O–H groups in total. The summed E-state index contributed by atoms with van der Waals surface area (Å²) in [6.07, 6.45) is -0.0772. The number of carbonyl (C=O) groups is 2. The number of rotatable bonds is 4. The summed E-state index contributed by atoms with van der Waals surface area (Å²) in [6.45, 7) is 0.346. The fourth-order valence-corrected chi connectivity index (χ4v) is 1.93. The van der Waals surface area contributed by atoms with Crippen LogP contribution in [0.5, 0.6) is 5.75 Å². The average molecular weight is 250 g/mol. The van der Waals surface area contributed by atoms with Crippen molar-refractivity contribution in [2.45, 2.75) is 12.5 Å². The smallest absolute Gasteiger partial charge is 0.322 e. The Morgan fingerprint density at radius 3 is 3.06 bits per heavy atom. The van der Waals surface area contributed by atoms with Gasteiger partial charge in [0.2, 0.25) is 0 Å². The molecule has 18 heavy (non-hydrogen) atoms. The molecule has 0 saturated carbocycles. The second kappa shape index (κ2) is 4.95. The summed E-state index contributed by atoms with van der Waals surface area (Å²) in [7, 11) is 1.55. The summed E-state index contributed by atoms with van der Waals surface area (Å²) in [6, 6.07) is 6.45. The minimum absolute atomic E-state index is 0.0772. The lowest BCUT2D eigenvalue weighted by Crippen LogP contribution is -2.29. The third kappa shape index (κ3) is 2.53. The van der Waals surface area contributed by atoms with Gasteiger partial charge < -0.3 is 15.2 Å². The molecule has 1 aromatic rings. The summed E-state index contributed by atoms with van der Waals surface area (Å²) in [5.74, 6) is -0.269. The Labute approximate surface area is 104 Å². The van der Waals surface area contributed by atoms with E-state index < -0.39 is 5.97 Å². The van der Waals surface area contributed by atoms with Gasteiger partial charge in [0.05, 0.1) is 19.6 Å². The summed E-state index contributed by atoms with van der Waals surface area (Å²) < 4.78 is 5.09. The molecule has 0 aliphatic carbocycles. The number of hydrogen-bond donors (Lipinski definition) is 2. The van der Waals surface area contributed by atoms with Gasteiger partial charge in [-0.05, 0) is 12.1 Å². The Bertz CT molecular complexity index is 475. The van der Waals surface area contributed by atoms with Crippen molar-refractivity contribution in [3.05, 3.63) is 24.3 Å². The van der Waals surface area contributed by atoms with Crippen LogP contribution in [-0.2, 0) is 4.79 Å². The van der Waals surface area contributed by atoms with E-state index in [1.54, 1.807) is 31.4 Å². The second-order valence-electron chi connectivity index (χ2n) is 4.06. The zero-order chi connectivity index (χ0) is 13.1. The van der Waals surface area contributed by atoms with Crippen molar-refractivity contribution in [2.75, 3.05) is 18.6 Å². The zero-order valence-corrected chi connectivity index (χ0v) is 9.92. The molecule has 1 aliphatic rings. The Hall–Kier alpha value is -2.24. The van der Waals surface area contributed by atoms with Gasteiger partial charge in [-0.15, -0.1) is 0 Å². The molecular weight excluding hydrogens is 236 g/mol. The van der Waals surface area contributed by atoms with E-state index >= 15 is 0 Å². The van der Waals surface area contributed by atoms with Crippen LogP contribution in [0.25, 0.3) is 0 Å². The Balaban J connectivity index is 2.13. The highest BCUT2D eigenvalue weighted by atomic mass is 16.5. The maximum atomic E-state index is 11.7. The summed E-state index contributed by atoms with van der Waals surface area (Å²) >= 11 is 0. The van der Waals surface area contributed by atoms with Crippen molar-refractivity contribution in [1.29, 1.82) is 0 Å². The normalized spacial score (nSPS) is 18.6. The SMILES string of the molecule is COc1cccc(N2CC(CC(=O)O)NC2=O)c1. The summed E-state index contributed by atoms with van der Waals surface area (Å²) in [5, 5.41) is 11.3. The van der Waals surface area contributed by atoms with E-state index in [0.29, 0.717) is 18.0 Å². The zero-order valence-electron chi connectivity index (χ0n) is 9.92. The van der Waals surface area contributed by atoms with E-state index in [2.05, 4.69) is 5.32 Å². The van der Waals surface area contributed by atoms with Gasteiger partial charge in [0.15, 0.2) is 0 Å². The minimum Gasteiger partial charge on any atom is -0.497 e. The third-order valence-corrected chi connectivity index (χ3v) is 2.76. The molecule has 1 aliphatic heterocycles. The number of aliphatic carboxylic acids is 1. The number of anilines is 1. The first-order valence-electron chi connectivity index (χ1n) is 5.54. The highest BCUT2D eigenvalue weighted by molar-refractivity contribution is 5.95. The van der Waals surface area contributed by atoms with E-state index in [1.165, 1.54) is 4.90 Å². The monoisotopic (exact) mass is 250 g/mol. The largest absolute Gasteiger partial charge is 0.497 e. The molecule has 2 rings (SSSR count). The molecule has 6 heteroatoms. The number of carboxylic acid groups (broad SMARTS) is 1. The van der Waals surface area contributed by atoms with Gasteiger partial charge in [0.25, 0.3) is 0 Å². The number of benzene rings is 1. The molecule has 0 spiro atoms. The molecule has 1 atom stereocenters. The molecular formula is C12H14N2O4. The Morgan fingerprint density at radius 2 is 2.39 bits per heavy atom. The molecule has 0 aromatic heterocycles. The fraction of sp³-hybridized carbons (Fsp3) is 0.333. The van der Waals surface area contributed by atoms with Crippen LogP contribution in [0.4, 0.5) is 10.5 Å². The number of nitrogens with one attached hydrogen (secondary N) is 1. The predicted octanol–water partition coefficient (Wildman–Crippen LogP) is 1.07. The van der Waals surface area contributed by atoms with E-state index in [0.717, 1.165) is 0 Å². The number of ether oxygens (including phenoxy) is 1. The van der Waals surface area contributed by atoms with E-state index in [9.17, 15) is 9.59 Å². The van der Waals surface area contributed by atoms with Gasteiger partial charge in [0, 0.05) is 18.3 Å². The molecule has 6 nitrogen and oxygen atoms in total. The van der Waals surface area contributed by atoms with Crippen LogP contribution in [0.2, 0.25) is 0 Å². The quantitative estimate of drug-likeness (QED) is 0.837. The number of urea groups is 1. The van der Waals surface area contributed by atoms with Gasteiger partial charge in [-0.3, -0.25) is 9.69 Å². The fourth-order valence-electron chi connectivity index (χ4n) is 1.93. The molecule has 1 unspecified atom stereocenters. The molecule has 1 fully saturated rings. The number of carbonyl (C=O) groups excluding carboxylic acids is 1. The Morgan fingerprint density at radius 1 is 1.61 bits per heavy atom. The maximum Gasteiger partial charge on any atom is 0.322 e. The molecule has 1 saturated heterocycles. The van der Waals surface area contributed by atoms with Gasteiger partial charge in [-0.1, -0.05) is 6.07 Å². The topological polar surface area (TPSA) is 78.9 Å². The van der Waals surface area contributed by atoms with Crippen LogP contribution in [0.1, 0.15) is 6.42 Å². The Kier molecular flexibility index (Phi) is 3.36. The van der Waals surface area contributed by atoms with E-state index in [-0.39, 0.29) is 18.5 Å². The van der Waals surface area contributed by atoms with E-state index in [1.807, 2.05) is 0 Å². The minimum atomic E-state index is -0.923. The number of nitrogens with zero attached hydrogens (tertiary/aromatic N) is 1.